The molecule has 0 nitrogen and oxygen atoms in total. The summed E-state index contributed by atoms with van der Waals surface area (Å²) in [4.78, 5) is 0. The first-order chi connectivity index (χ1) is 7.72. The fourth-order valence-corrected chi connectivity index (χ4v) is 3.53. The Labute approximate surface area is 112 Å². The van der Waals surface area contributed by atoms with Crippen molar-refractivity contribution in [3.05, 3.63) is 33.8 Å². The lowest BCUT2D eigenvalue weighted by atomic mass is 9.87. The number of aryl methyl sites for hydroxylation is 2. The van der Waals surface area contributed by atoms with Crippen molar-refractivity contribution in [2.45, 2.75) is 44.9 Å². The van der Waals surface area contributed by atoms with Gasteiger partial charge in [-0.05, 0) is 60.8 Å². The highest BCUT2D eigenvalue weighted by Crippen LogP contribution is 2.33. The van der Waals surface area contributed by atoms with Crippen LogP contribution >= 0.6 is 27.5 Å². The number of benzene rings is 1. The normalized spacial score (nSPS) is 16.9. The van der Waals surface area contributed by atoms with E-state index >= 15 is 0 Å². The first-order valence-electron chi connectivity index (χ1n) is 6.09. The minimum atomic E-state index is 0.555. The van der Waals surface area contributed by atoms with Gasteiger partial charge in [-0.25, -0.2) is 0 Å². The summed E-state index contributed by atoms with van der Waals surface area (Å²) in [6.07, 6.45) is 6.25. The molecule has 16 heavy (non-hydrogen) atoms. The van der Waals surface area contributed by atoms with Gasteiger partial charge >= 0.3 is 0 Å². The molecule has 1 atom stereocenters. The fraction of sp³-hybridized carbons (Fsp3) is 0.571. The van der Waals surface area contributed by atoms with E-state index in [0.717, 1.165) is 16.8 Å². The molecular weight excluding hydrogens is 284 g/mol. The molecule has 2 heteroatoms. The number of rotatable bonds is 3. The summed E-state index contributed by atoms with van der Waals surface area (Å²) in [6, 6.07) is 4.56. The molecule has 1 aromatic carbocycles. The zero-order valence-corrected chi connectivity index (χ0v) is 12.1. The van der Waals surface area contributed by atoms with E-state index in [-0.39, 0.29) is 0 Å². The Bertz CT molecular complexity index is 373. The highest BCUT2D eigenvalue weighted by molar-refractivity contribution is 9.09. The summed E-state index contributed by atoms with van der Waals surface area (Å²) in [5.74, 6) is 0.555. The largest absolute Gasteiger partial charge is 0.0928 e. The van der Waals surface area contributed by atoms with Gasteiger partial charge in [-0.2, -0.15) is 0 Å². The number of halogens is 2. The second-order valence-electron chi connectivity index (χ2n) is 4.73. The van der Waals surface area contributed by atoms with E-state index in [0.29, 0.717) is 5.92 Å². The highest BCUT2D eigenvalue weighted by atomic mass is 79.9. The SMILES string of the molecule is CC(CCBr)c1cc2c(cc1Cl)CCCC2. The zero-order valence-electron chi connectivity index (χ0n) is 9.73. The van der Waals surface area contributed by atoms with Gasteiger partial charge < -0.3 is 0 Å². The van der Waals surface area contributed by atoms with Crippen LogP contribution in [0.25, 0.3) is 0 Å². The maximum absolute atomic E-state index is 6.38. The summed E-state index contributed by atoms with van der Waals surface area (Å²) in [6.45, 7) is 2.26. The van der Waals surface area contributed by atoms with Crippen molar-refractivity contribution < 1.29 is 0 Å². The van der Waals surface area contributed by atoms with Crippen LogP contribution in [-0.2, 0) is 12.8 Å². The topological polar surface area (TPSA) is 0 Å². The molecule has 0 amide bonds. The van der Waals surface area contributed by atoms with Crippen LogP contribution in [0.15, 0.2) is 12.1 Å². The Morgan fingerprint density at radius 1 is 1.25 bits per heavy atom. The van der Waals surface area contributed by atoms with Gasteiger partial charge in [0, 0.05) is 10.4 Å². The van der Waals surface area contributed by atoms with Crippen LogP contribution in [0.3, 0.4) is 0 Å². The van der Waals surface area contributed by atoms with Crippen LogP contribution in [-0.4, -0.2) is 5.33 Å². The number of alkyl halides is 1. The molecule has 1 aromatic rings. The van der Waals surface area contributed by atoms with E-state index in [1.807, 2.05) is 0 Å². The average molecular weight is 302 g/mol. The molecule has 1 aliphatic rings. The summed E-state index contributed by atoms with van der Waals surface area (Å²) in [7, 11) is 0. The third-order valence-electron chi connectivity index (χ3n) is 3.53. The van der Waals surface area contributed by atoms with E-state index in [1.54, 1.807) is 0 Å². The Kier molecular flexibility index (Phi) is 4.32. The van der Waals surface area contributed by atoms with Crippen molar-refractivity contribution in [1.82, 2.24) is 0 Å². The van der Waals surface area contributed by atoms with Gasteiger partial charge in [-0.3, -0.25) is 0 Å². The molecule has 1 unspecified atom stereocenters. The van der Waals surface area contributed by atoms with E-state index in [2.05, 4.69) is 35.0 Å². The summed E-state index contributed by atoms with van der Waals surface area (Å²) < 4.78 is 0. The molecule has 0 heterocycles. The molecule has 0 bridgehead atoms. The quantitative estimate of drug-likeness (QED) is 0.681. The molecule has 1 aliphatic carbocycles. The van der Waals surface area contributed by atoms with Crippen molar-refractivity contribution in [1.29, 1.82) is 0 Å². The average Bonchev–Trinajstić information content (AvgIpc) is 2.28. The summed E-state index contributed by atoms with van der Waals surface area (Å²) >= 11 is 9.88. The van der Waals surface area contributed by atoms with Crippen molar-refractivity contribution in [3.63, 3.8) is 0 Å². The van der Waals surface area contributed by atoms with Crippen LogP contribution in [0, 0.1) is 0 Å². The van der Waals surface area contributed by atoms with Gasteiger partial charge in [0.2, 0.25) is 0 Å². The number of fused-ring (bicyclic) bond motifs is 1. The van der Waals surface area contributed by atoms with Crippen LogP contribution < -0.4 is 0 Å². The van der Waals surface area contributed by atoms with Crippen molar-refractivity contribution in [2.24, 2.45) is 0 Å². The molecule has 0 saturated heterocycles. The zero-order chi connectivity index (χ0) is 11.5. The number of hydrogen-bond acceptors (Lipinski definition) is 0. The second-order valence-corrected chi connectivity index (χ2v) is 5.93. The maximum atomic E-state index is 6.38. The second kappa shape index (κ2) is 5.55. The molecule has 2 rings (SSSR count). The van der Waals surface area contributed by atoms with Gasteiger partial charge in [0.1, 0.15) is 0 Å². The highest BCUT2D eigenvalue weighted by Gasteiger charge is 2.15. The Balaban J connectivity index is 2.31. The lowest BCUT2D eigenvalue weighted by molar-refractivity contribution is 0.678. The Morgan fingerprint density at radius 2 is 1.88 bits per heavy atom. The summed E-state index contributed by atoms with van der Waals surface area (Å²) in [5, 5.41) is 2.01. The van der Waals surface area contributed by atoms with Crippen LogP contribution in [0.5, 0.6) is 0 Å². The predicted molar refractivity (Wildman–Crippen MR) is 74.9 cm³/mol. The molecule has 0 N–H and O–H groups in total. The lowest BCUT2D eigenvalue weighted by Crippen LogP contribution is -2.05. The van der Waals surface area contributed by atoms with Crippen LogP contribution in [0.4, 0.5) is 0 Å². The molecule has 0 aliphatic heterocycles. The third-order valence-corrected chi connectivity index (χ3v) is 4.32. The molecule has 0 spiro atoms. The first kappa shape index (κ1) is 12.4. The van der Waals surface area contributed by atoms with Gasteiger partial charge in [-0.1, -0.05) is 40.5 Å². The molecular formula is C14H18BrCl. The minimum Gasteiger partial charge on any atom is -0.0928 e. The van der Waals surface area contributed by atoms with E-state index < -0.39 is 0 Å². The van der Waals surface area contributed by atoms with E-state index in [9.17, 15) is 0 Å². The number of hydrogen-bond donors (Lipinski definition) is 0. The maximum Gasteiger partial charge on any atom is 0.0443 e. The van der Waals surface area contributed by atoms with Gasteiger partial charge in [0.15, 0.2) is 0 Å². The van der Waals surface area contributed by atoms with E-state index in [1.165, 1.54) is 42.4 Å². The standard InChI is InChI=1S/C14H18BrCl/c1-10(6-7-15)13-8-11-4-2-3-5-12(11)9-14(13)16/h8-10H,2-7H2,1H3. The molecule has 0 aromatic heterocycles. The van der Waals surface area contributed by atoms with Crippen molar-refractivity contribution in [3.8, 4) is 0 Å². The van der Waals surface area contributed by atoms with Crippen LogP contribution in [0.1, 0.15) is 48.8 Å². The molecule has 0 radical (unpaired) electrons. The van der Waals surface area contributed by atoms with Gasteiger partial charge in [0.05, 0.1) is 0 Å². The Morgan fingerprint density at radius 3 is 2.50 bits per heavy atom. The smallest absolute Gasteiger partial charge is 0.0443 e. The van der Waals surface area contributed by atoms with Crippen molar-refractivity contribution >= 4 is 27.5 Å². The molecule has 0 saturated carbocycles. The summed E-state index contributed by atoms with van der Waals surface area (Å²) in [5.41, 5.74) is 4.35. The lowest BCUT2D eigenvalue weighted by Gasteiger charge is -2.20. The van der Waals surface area contributed by atoms with Crippen molar-refractivity contribution in [2.75, 3.05) is 5.33 Å². The first-order valence-corrected chi connectivity index (χ1v) is 7.59. The Hall–Kier alpha value is -0.0100. The fourth-order valence-electron chi connectivity index (χ4n) is 2.47. The van der Waals surface area contributed by atoms with Gasteiger partial charge in [0.25, 0.3) is 0 Å². The molecule has 0 fully saturated rings. The monoisotopic (exact) mass is 300 g/mol. The molecule has 88 valence electrons. The third kappa shape index (κ3) is 2.62. The van der Waals surface area contributed by atoms with Crippen LogP contribution in [0.2, 0.25) is 5.02 Å². The van der Waals surface area contributed by atoms with E-state index in [4.69, 9.17) is 11.6 Å². The minimum absolute atomic E-state index is 0.555. The van der Waals surface area contributed by atoms with Gasteiger partial charge in [-0.15, -0.1) is 0 Å². The predicted octanol–water partition coefficient (Wildman–Crippen LogP) is 5.11.